The van der Waals surface area contributed by atoms with Crippen LogP contribution in [-0.4, -0.2) is 24.0 Å². The first-order chi connectivity index (χ1) is 13.6. The number of carbonyl (C=O) groups is 1. The molecular weight excluding hydrogens is 377 g/mol. The molecule has 0 saturated carbocycles. The molecule has 144 valence electrons. The highest BCUT2D eigenvalue weighted by Gasteiger charge is 2.07. The topological polar surface area (TPSA) is 54.0 Å². The molecular formula is C22H21ClFN3O. The fourth-order valence-electron chi connectivity index (χ4n) is 2.78. The Morgan fingerprint density at radius 3 is 2.54 bits per heavy atom. The van der Waals surface area contributed by atoms with E-state index in [2.05, 4.69) is 15.6 Å². The maximum absolute atomic E-state index is 12.9. The Kier molecular flexibility index (Phi) is 6.98. The highest BCUT2D eigenvalue weighted by Crippen LogP contribution is 2.12. The Balaban J connectivity index is 1.47. The van der Waals surface area contributed by atoms with Crippen LogP contribution in [0, 0.1) is 5.82 Å². The molecule has 0 radical (unpaired) electrons. The predicted molar refractivity (Wildman–Crippen MR) is 110 cm³/mol. The number of halogens is 2. The average Bonchev–Trinajstić information content (AvgIpc) is 2.70. The number of nitrogens with zero attached hydrogens (tertiary/aromatic N) is 1. The molecule has 0 fully saturated rings. The number of hydrogen-bond acceptors (Lipinski definition) is 3. The van der Waals surface area contributed by atoms with E-state index in [9.17, 15) is 9.18 Å². The molecule has 0 bridgehead atoms. The van der Waals surface area contributed by atoms with Crippen molar-refractivity contribution in [1.82, 2.24) is 10.3 Å². The van der Waals surface area contributed by atoms with E-state index < -0.39 is 0 Å². The molecule has 3 aromatic rings. The lowest BCUT2D eigenvalue weighted by molar-refractivity contribution is 0.0954. The van der Waals surface area contributed by atoms with Crippen molar-refractivity contribution in [2.75, 3.05) is 18.4 Å². The van der Waals surface area contributed by atoms with Crippen LogP contribution in [0.1, 0.15) is 21.5 Å². The van der Waals surface area contributed by atoms with Crippen molar-refractivity contribution >= 4 is 23.2 Å². The minimum atomic E-state index is -0.241. The van der Waals surface area contributed by atoms with Gasteiger partial charge in [0, 0.05) is 30.5 Å². The molecule has 0 aliphatic heterocycles. The number of carbonyl (C=O) groups excluding carboxylic acids is 1. The van der Waals surface area contributed by atoms with Gasteiger partial charge in [-0.1, -0.05) is 35.9 Å². The van der Waals surface area contributed by atoms with Gasteiger partial charge in [0.15, 0.2) is 0 Å². The normalized spacial score (nSPS) is 10.5. The van der Waals surface area contributed by atoms with Gasteiger partial charge >= 0.3 is 0 Å². The summed E-state index contributed by atoms with van der Waals surface area (Å²) in [5.41, 5.74) is 3.38. The van der Waals surface area contributed by atoms with Crippen molar-refractivity contribution < 1.29 is 9.18 Å². The van der Waals surface area contributed by atoms with E-state index in [1.165, 1.54) is 12.1 Å². The molecule has 6 heteroatoms. The SMILES string of the molecule is O=C(NCCc1cccc(Cl)c1)c1cncc(NCCc2ccc(F)cc2)c1. The highest BCUT2D eigenvalue weighted by molar-refractivity contribution is 6.30. The number of hydrogen-bond donors (Lipinski definition) is 2. The number of rotatable bonds is 8. The van der Waals surface area contributed by atoms with Crippen LogP contribution in [-0.2, 0) is 12.8 Å². The van der Waals surface area contributed by atoms with Gasteiger partial charge < -0.3 is 10.6 Å². The van der Waals surface area contributed by atoms with Crippen LogP contribution >= 0.6 is 11.6 Å². The molecule has 1 aromatic heterocycles. The second-order valence-electron chi connectivity index (χ2n) is 6.40. The third-order valence-corrected chi connectivity index (χ3v) is 4.48. The summed E-state index contributed by atoms with van der Waals surface area (Å²) >= 11 is 5.97. The minimum absolute atomic E-state index is 0.170. The van der Waals surface area contributed by atoms with Crippen molar-refractivity contribution in [3.63, 3.8) is 0 Å². The summed E-state index contributed by atoms with van der Waals surface area (Å²) < 4.78 is 12.9. The molecule has 0 aliphatic rings. The Morgan fingerprint density at radius 1 is 0.964 bits per heavy atom. The zero-order valence-corrected chi connectivity index (χ0v) is 16.0. The molecule has 0 atom stereocenters. The Bertz CT molecular complexity index is 931. The zero-order chi connectivity index (χ0) is 19.8. The third kappa shape index (κ3) is 6.06. The summed E-state index contributed by atoms with van der Waals surface area (Å²) in [6, 6.07) is 15.8. The van der Waals surface area contributed by atoms with Crippen molar-refractivity contribution in [2.24, 2.45) is 0 Å². The monoisotopic (exact) mass is 397 g/mol. The Morgan fingerprint density at radius 2 is 1.75 bits per heavy atom. The quantitative estimate of drug-likeness (QED) is 0.588. The number of benzene rings is 2. The number of anilines is 1. The van der Waals surface area contributed by atoms with Crippen LogP contribution < -0.4 is 10.6 Å². The summed E-state index contributed by atoms with van der Waals surface area (Å²) in [5.74, 6) is -0.410. The predicted octanol–water partition coefficient (Wildman–Crippen LogP) is 4.50. The van der Waals surface area contributed by atoms with E-state index in [0.717, 1.165) is 23.2 Å². The van der Waals surface area contributed by atoms with E-state index in [1.807, 2.05) is 24.3 Å². The van der Waals surface area contributed by atoms with Crippen LogP contribution in [0.4, 0.5) is 10.1 Å². The largest absolute Gasteiger partial charge is 0.383 e. The molecule has 0 aliphatic carbocycles. The van der Waals surface area contributed by atoms with Crippen LogP contribution in [0.5, 0.6) is 0 Å². The molecule has 3 rings (SSSR count). The van der Waals surface area contributed by atoms with Gasteiger partial charge in [0.25, 0.3) is 5.91 Å². The van der Waals surface area contributed by atoms with Gasteiger partial charge in [-0.3, -0.25) is 9.78 Å². The van der Waals surface area contributed by atoms with Crippen molar-refractivity contribution in [2.45, 2.75) is 12.8 Å². The molecule has 0 saturated heterocycles. The van der Waals surface area contributed by atoms with Gasteiger partial charge in [0.1, 0.15) is 5.82 Å². The highest BCUT2D eigenvalue weighted by atomic mass is 35.5. The summed E-state index contributed by atoms with van der Waals surface area (Å²) in [6.07, 6.45) is 4.67. The second kappa shape index (κ2) is 9.85. The molecule has 4 nitrogen and oxygen atoms in total. The van der Waals surface area contributed by atoms with Crippen molar-refractivity contribution in [3.8, 4) is 0 Å². The molecule has 28 heavy (non-hydrogen) atoms. The summed E-state index contributed by atoms with van der Waals surface area (Å²) in [7, 11) is 0. The van der Waals surface area contributed by atoms with Gasteiger partial charge in [-0.15, -0.1) is 0 Å². The van der Waals surface area contributed by atoms with E-state index in [4.69, 9.17) is 11.6 Å². The molecule has 0 unspecified atom stereocenters. The standard InChI is InChI=1S/C22H21ClFN3O/c23-19-3-1-2-17(12-19)9-11-27-22(28)18-13-21(15-25-14-18)26-10-8-16-4-6-20(24)7-5-16/h1-7,12-15,26H,8-11H2,(H,27,28). The number of amides is 1. The summed E-state index contributed by atoms with van der Waals surface area (Å²) in [4.78, 5) is 16.5. The van der Waals surface area contributed by atoms with Gasteiger partial charge in [-0.05, 0) is 54.3 Å². The fourth-order valence-corrected chi connectivity index (χ4v) is 2.99. The molecule has 1 amide bonds. The average molecular weight is 398 g/mol. The molecule has 0 spiro atoms. The van der Waals surface area contributed by atoms with Gasteiger partial charge in [0.05, 0.1) is 11.3 Å². The Labute approximate surface area is 168 Å². The minimum Gasteiger partial charge on any atom is -0.383 e. The zero-order valence-electron chi connectivity index (χ0n) is 15.3. The maximum atomic E-state index is 12.9. The maximum Gasteiger partial charge on any atom is 0.252 e. The first-order valence-electron chi connectivity index (χ1n) is 9.06. The van der Waals surface area contributed by atoms with Gasteiger partial charge in [-0.25, -0.2) is 4.39 Å². The van der Waals surface area contributed by atoms with Crippen LogP contribution in [0.2, 0.25) is 5.02 Å². The van der Waals surface area contributed by atoms with E-state index in [0.29, 0.717) is 30.1 Å². The van der Waals surface area contributed by atoms with E-state index in [1.54, 1.807) is 30.6 Å². The fraction of sp³-hybridized carbons (Fsp3) is 0.182. The third-order valence-electron chi connectivity index (χ3n) is 4.24. The number of pyridine rings is 1. The van der Waals surface area contributed by atoms with E-state index in [-0.39, 0.29) is 11.7 Å². The summed E-state index contributed by atoms with van der Waals surface area (Å²) in [6.45, 7) is 1.18. The lowest BCUT2D eigenvalue weighted by atomic mass is 10.1. The summed E-state index contributed by atoms with van der Waals surface area (Å²) in [5, 5.41) is 6.82. The van der Waals surface area contributed by atoms with Crippen molar-refractivity contribution in [1.29, 1.82) is 0 Å². The van der Waals surface area contributed by atoms with Crippen LogP contribution in [0.25, 0.3) is 0 Å². The first-order valence-corrected chi connectivity index (χ1v) is 9.44. The molecule has 2 N–H and O–H groups in total. The van der Waals surface area contributed by atoms with Gasteiger partial charge in [-0.2, -0.15) is 0 Å². The van der Waals surface area contributed by atoms with Crippen molar-refractivity contribution in [3.05, 3.63) is 94.5 Å². The smallest absolute Gasteiger partial charge is 0.252 e. The second-order valence-corrected chi connectivity index (χ2v) is 6.84. The number of aromatic nitrogens is 1. The van der Waals surface area contributed by atoms with Crippen LogP contribution in [0.3, 0.4) is 0 Å². The lowest BCUT2D eigenvalue weighted by Crippen LogP contribution is -2.26. The molecule has 2 aromatic carbocycles. The van der Waals surface area contributed by atoms with Gasteiger partial charge in [0.2, 0.25) is 0 Å². The van der Waals surface area contributed by atoms with E-state index >= 15 is 0 Å². The first kappa shape index (κ1) is 19.8. The Hall–Kier alpha value is -2.92. The number of nitrogens with one attached hydrogen (secondary N) is 2. The molecule has 1 heterocycles. The lowest BCUT2D eigenvalue weighted by Gasteiger charge is -2.09. The van der Waals surface area contributed by atoms with Crippen LogP contribution in [0.15, 0.2) is 67.0 Å².